The first kappa shape index (κ1) is 12.0. The first-order valence-electron chi connectivity index (χ1n) is 5.55. The predicted octanol–water partition coefficient (Wildman–Crippen LogP) is 2.55. The number of pyridine rings is 1. The molecule has 2 heterocycles. The van der Waals surface area contributed by atoms with Crippen molar-refractivity contribution in [2.75, 3.05) is 11.9 Å². The summed E-state index contributed by atoms with van der Waals surface area (Å²) in [7, 11) is 0. The Morgan fingerprint density at radius 3 is 2.71 bits per heavy atom. The first-order chi connectivity index (χ1) is 8.26. The maximum absolute atomic E-state index is 4.33. The Morgan fingerprint density at radius 1 is 1.29 bits per heavy atom. The molecule has 0 fully saturated rings. The topological polar surface area (TPSA) is 55.6 Å². The molecule has 0 unspecified atom stereocenters. The second-order valence-corrected chi connectivity index (χ2v) is 4.40. The molecule has 0 spiro atoms. The second-order valence-electron chi connectivity index (χ2n) is 3.48. The number of rotatable bonds is 4. The van der Waals surface area contributed by atoms with Crippen molar-refractivity contribution in [1.82, 2.24) is 19.7 Å². The van der Waals surface area contributed by atoms with E-state index in [1.807, 2.05) is 23.6 Å². The Hall–Kier alpha value is -1.43. The van der Waals surface area contributed by atoms with Crippen LogP contribution in [0, 0.1) is 0 Å². The molecule has 0 saturated carbocycles. The van der Waals surface area contributed by atoms with Crippen LogP contribution in [-0.4, -0.2) is 26.3 Å². The monoisotopic (exact) mass is 295 g/mol. The van der Waals surface area contributed by atoms with E-state index < -0.39 is 0 Å². The number of hydrogen-bond donors (Lipinski definition) is 1. The van der Waals surface area contributed by atoms with Crippen LogP contribution in [-0.2, 0) is 6.54 Å². The average molecular weight is 296 g/mol. The van der Waals surface area contributed by atoms with Crippen LogP contribution in [0.5, 0.6) is 0 Å². The van der Waals surface area contributed by atoms with Crippen LogP contribution in [0.4, 0.5) is 5.95 Å². The Kier molecular flexibility index (Phi) is 3.73. The van der Waals surface area contributed by atoms with E-state index in [4.69, 9.17) is 0 Å². The highest BCUT2D eigenvalue weighted by Crippen LogP contribution is 2.19. The van der Waals surface area contributed by atoms with Gasteiger partial charge in [0, 0.05) is 23.8 Å². The molecule has 0 aliphatic rings. The van der Waals surface area contributed by atoms with Gasteiger partial charge in [-0.25, -0.2) is 0 Å². The molecule has 0 aliphatic carbocycles. The summed E-state index contributed by atoms with van der Waals surface area (Å²) in [6.07, 6.45) is 1.76. The van der Waals surface area contributed by atoms with Gasteiger partial charge in [-0.3, -0.25) is 9.55 Å². The van der Waals surface area contributed by atoms with Crippen molar-refractivity contribution in [3.8, 4) is 11.5 Å². The third-order valence-electron chi connectivity index (χ3n) is 2.36. The van der Waals surface area contributed by atoms with E-state index in [0.29, 0.717) is 0 Å². The van der Waals surface area contributed by atoms with Gasteiger partial charge in [-0.15, -0.1) is 10.2 Å². The van der Waals surface area contributed by atoms with Crippen LogP contribution in [0.2, 0.25) is 0 Å². The Bertz CT molecular complexity index is 491. The summed E-state index contributed by atoms with van der Waals surface area (Å²) < 4.78 is 2.97. The van der Waals surface area contributed by atoms with E-state index in [-0.39, 0.29) is 0 Å². The van der Waals surface area contributed by atoms with Gasteiger partial charge in [0.25, 0.3) is 0 Å². The quantitative estimate of drug-likeness (QED) is 0.942. The Labute approximate surface area is 108 Å². The van der Waals surface area contributed by atoms with Crippen LogP contribution >= 0.6 is 15.9 Å². The summed E-state index contributed by atoms with van der Waals surface area (Å²) in [5.41, 5.74) is 0.826. The van der Waals surface area contributed by atoms with Crippen LogP contribution in [0.3, 0.4) is 0 Å². The maximum Gasteiger partial charge on any atom is 0.224 e. The van der Waals surface area contributed by atoms with Crippen molar-refractivity contribution >= 4 is 21.9 Å². The van der Waals surface area contributed by atoms with Gasteiger partial charge in [0.15, 0.2) is 5.82 Å². The van der Waals surface area contributed by atoms with Gasteiger partial charge in [-0.2, -0.15) is 0 Å². The molecule has 90 valence electrons. The predicted molar refractivity (Wildman–Crippen MR) is 70.8 cm³/mol. The third-order valence-corrected chi connectivity index (χ3v) is 2.83. The SMILES string of the molecule is CCNc1nnc(-c2ccc(Br)cn2)n1CC. The molecule has 0 aliphatic heterocycles. The fourth-order valence-corrected chi connectivity index (χ4v) is 1.82. The van der Waals surface area contributed by atoms with Crippen LogP contribution in [0.1, 0.15) is 13.8 Å². The number of nitrogens with zero attached hydrogens (tertiary/aromatic N) is 4. The minimum atomic E-state index is 0.787. The maximum atomic E-state index is 4.33. The zero-order valence-electron chi connectivity index (χ0n) is 9.81. The molecule has 1 N–H and O–H groups in total. The van der Waals surface area contributed by atoms with Gasteiger partial charge in [-0.05, 0) is 41.9 Å². The molecule has 0 saturated heterocycles. The molecule has 0 atom stereocenters. The fourth-order valence-electron chi connectivity index (χ4n) is 1.59. The number of aromatic nitrogens is 4. The molecule has 2 rings (SSSR count). The van der Waals surface area contributed by atoms with Crippen molar-refractivity contribution in [1.29, 1.82) is 0 Å². The highest BCUT2D eigenvalue weighted by molar-refractivity contribution is 9.10. The molecule has 0 amide bonds. The van der Waals surface area contributed by atoms with Gasteiger partial charge in [0.05, 0.1) is 0 Å². The van der Waals surface area contributed by atoms with E-state index in [1.54, 1.807) is 6.20 Å². The van der Waals surface area contributed by atoms with Crippen LogP contribution in [0.25, 0.3) is 11.5 Å². The lowest BCUT2D eigenvalue weighted by atomic mass is 10.3. The van der Waals surface area contributed by atoms with Gasteiger partial charge < -0.3 is 5.32 Å². The fraction of sp³-hybridized carbons (Fsp3) is 0.364. The van der Waals surface area contributed by atoms with Gasteiger partial charge >= 0.3 is 0 Å². The zero-order valence-corrected chi connectivity index (χ0v) is 11.4. The second kappa shape index (κ2) is 5.27. The molecule has 0 bridgehead atoms. The summed E-state index contributed by atoms with van der Waals surface area (Å²) in [6.45, 7) is 5.73. The van der Waals surface area contributed by atoms with Gasteiger partial charge in [-0.1, -0.05) is 0 Å². The molecular formula is C11H14BrN5. The largest absolute Gasteiger partial charge is 0.355 e. The Morgan fingerprint density at radius 2 is 2.12 bits per heavy atom. The summed E-state index contributed by atoms with van der Waals surface area (Å²) in [4.78, 5) is 4.33. The third kappa shape index (κ3) is 2.46. The molecule has 5 nitrogen and oxygen atoms in total. The van der Waals surface area contributed by atoms with Crippen molar-refractivity contribution < 1.29 is 0 Å². The van der Waals surface area contributed by atoms with Crippen molar-refractivity contribution in [3.05, 3.63) is 22.8 Å². The molecule has 6 heteroatoms. The van der Waals surface area contributed by atoms with Crippen LogP contribution in [0.15, 0.2) is 22.8 Å². The van der Waals surface area contributed by atoms with E-state index in [0.717, 1.165) is 35.0 Å². The standard InChI is InChI=1S/C11H14BrN5/c1-3-13-11-16-15-10(17(11)4-2)9-6-5-8(12)7-14-9/h5-7H,3-4H2,1-2H3,(H,13,16). The average Bonchev–Trinajstić information content (AvgIpc) is 2.73. The number of hydrogen-bond acceptors (Lipinski definition) is 4. The van der Waals surface area contributed by atoms with Crippen molar-refractivity contribution in [2.45, 2.75) is 20.4 Å². The minimum Gasteiger partial charge on any atom is -0.355 e. The van der Waals surface area contributed by atoms with E-state index in [1.165, 1.54) is 0 Å². The summed E-state index contributed by atoms with van der Waals surface area (Å²) in [5.74, 6) is 1.57. The lowest BCUT2D eigenvalue weighted by Gasteiger charge is -2.07. The molecular weight excluding hydrogens is 282 g/mol. The number of anilines is 1. The first-order valence-corrected chi connectivity index (χ1v) is 6.34. The number of nitrogens with one attached hydrogen (secondary N) is 1. The zero-order chi connectivity index (χ0) is 12.3. The molecule has 17 heavy (non-hydrogen) atoms. The number of halogens is 1. The van der Waals surface area contributed by atoms with E-state index in [2.05, 4.69) is 43.4 Å². The highest BCUT2D eigenvalue weighted by Gasteiger charge is 2.12. The lowest BCUT2D eigenvalue weighted by molar-refractivity contribution is 0.768. The van der Waals surface area contributed by atoms with E-state index in [9.17, 15) is 0 Å². The summed E-state index contributed by atoms with van der Waals surface area (Å²) in [6, 6.07) is 3.87. The molecule has 0 radical (unpaired) electrons. The van der Waals surface area contributed by atoms with Crippen LogP contribution < -0.4 is 5.32 Å². The summed E-state index contributed by atoms with van der Waals surface area (Å²) in [5, 5.41) is 11.5. The molecule has 2 aromatic rings. The highest BCUT2D eigenvalue weighted by atomic mass is 79.9. The van der Waals surface area contributed by atoms with Gasteiger partial charge in [0.2, 0.25) is 5.95 Å². The van der Waals surface area contributed by atoms with E-state index >= 15 is 0 Å². The van der Waals surface area contributed by atoms with Gasteiger partial charge in [0.1, 0.15) is 5.69 Å². The molecule has 0 aromatic carbocycles. The summed E-state index contributed by atoms with van der Waals surface area (Å²) >= 11 is 3.37. The molecule has 2 aromatic heterocycles. The van der Waals surface area contributed by atoms with Crippen molar-refractivity contribution in [3.63, 3.8) is 0 Å². The smallest absolute Gasteiger partial charge is 0.224 e. The lowest BCUT2D eigenvalue weighted by Crippen LogP contribution is -2.07. The van der Waals surface area contributed by atoms with Crippen molar-refractivity contribution in [2.24, 2.45) is 0 Å². The Balaban J connectivity index is 2.41. The normalized spacial score (nSPS) is 10.5. The minimum absolute atomic E-state index is 0.787.